The summed E-state index contributed by atoms with van der Waals surface area (Å²) in [6.45, 7) is 2.55. The summed E-state index contributed by atoms with van der Waals surface area (Å²) in [5.41, 5.74) is 1.71. The lowest BCUT2D eigenvalue weighted by molar-refractivity contribution is 0.436. The first-order valence-electron chi connectivity index (χ1n) is 8.17. The quantitative estimate of drug-likeness (QED) is 0.700. The highest BCUT2D eigenvalue weighted by atomic mass is 19.2. The van der Waals surface area contributed by atoms with E-state index >= 15 is 0 Å². The van der Waals surface area contributed by atoms with Crippen LogP contribution in [0.3, 0.4) is 0 Å². The summed E-state index contributed by atoms with van der Waals surface area (Å²) in [5, 5.41) is 3.37. The van der Waals surface area contributed by atoms with E-state index in [-0.39, 0.29) is 11.8 Å². The first kappa shape index (κ1) is 17.9. The molecule has 0 bridgehead atoms. The summed E-state index contributed by atoms with van der Waals surface area (Å²) in [4.78, 5) is 12.5. The van der Waals surface area contributed by atoms with Crippen molar-refractivity contribution >= 4 is 0 Å². The molecule has 0 saturated heterocycles. The molecule has 0 radical (unpaired) electrons. The molecule has 3 aromatic rings. The van der Waals surface area contributed by atoms with E-state index in [0.29, 0.717) is 12.4 Å². The van der Waals surface area contributed by atoms with Crippen LogP contribution in [0.4, 0.5) is 8.78 Å². The average molecular weight is 356 g/mol. The van der Waals surface area contributed by atoms with Gasteiger partial charge in [-0.3, -0.25) is 9.97 Å². The Morgan fingerprint density at radius 2 is 1.96 bits per heavy atom. The third-order valence-electron chi connectivity index (χ3n) is 3.73. The summed E-state index contributed by atoms with van der Waals surface area (Å²) in [5.74, 6) is -1.34. The number of hydrogen-bond donors (Lipinski definition) is 1. The maximum Gasteiger partial charge on any atom is 0.223 e. The van der Waals surface area contributed by atoms with Gasteiger partial charge in [-0.15, -0.1) is 0 Å². The summed E-state index contributed by atoms with van der Waals surface area (Å²) >= 11 is 0. The van der Waals surface area contributed by atoms with Crippen molar-refractivity contribution in [1.82, 2.24) is 20.3 Å². The van der Waals surface area contributed by atoms with Gasteiger partial charge in [0.15, 0.2) is 11.6 Å². The minimum atomic E-state index is -0.962. The Kier molecular flexibility index (Phi) is 5.80. The van der Waals surface area contributed by atoms with Gasteiger partial charge in [-0.05, 0) is 25.1 Å². The van der Waals surface area contributed by atoms with Gasteiger partial charge in [-0.1, -0.05) is 6.07 Å². The van der Waals surface area contributed by atoms with Crippen LogP contribution < -0.4 is 10.1 Å². The molecule has 3 rings (SSSR count). The normalized spacial score (nSPS) is 12.0. The number of hydrogen-bond acceptors (Lipinski definition) is 5. The molecule has 0 amide bonds. The molecule has 134 valence electrons. The first-order valence-corrected chi connectivity index (χ1v) is 8.17. The summed E-state index contributed by atoms with van der Waals surface area (Å²) in [7, 11) is 0. The monoisotopic (exact) mass is 356 g/mol. The van der Waals surface area contributed by atoms with Crippen molar-refractivity contribution < 1.29 is 13.5 Å². The lowest BCUT2D eigenvalue weighted by atomic mass is 10.1. The van der Waals surface area contributed by atoms with Crippen LogP contribution in [-0.4, -0.2) is 21.0 Å². The van der Waals surface area contributed by atoms with Crippen molar-refractivity contribution in [1.29, 1.82) is 0 Å². The zero-order valence-electron chi connectivity index (χ0n) is 14.2. The van der Waals surface area contributed by atoms with Crippen molar-refractivity contribution in [2.75, 3.05) is 0 Å². The number of nitrogens with zero attached hydrogens (tertiary/aromatic N) is 3. The second kappa shape index (κ2) is 8.44. The molecule has 1 atom stereocenters. The maximum atomic E-state index is 13.3. The van der Waals surface area contributed by atoms with E-state index in [4.69, 9.17) is 4.74 Å². The SMILES string of the molecule is CC(Cc1cnccn1)NCc1cccnc1Oc1ccc(F)c(F)c1. The number of benzene rings is 1. The van der Waals surface area contributed by atoms with E-state index in [2.05, 4.69) is 20.3 Å². The van der Waals surface area contributed by atoms with Crippen molar-refractivity contribution in [3.8, 4) is 11.6 Å². The van der Waals surface area contributed by atoms with Crippen LogP contribution >= 0.6 is 0 Å². The zero-order valence-corrected chi connectivity index (χ0v) is 14.2. The molecule has 2 aromatic heterocycles. The lowest BCUT2D eigenvalue weighted by Crippen LogP contribution is -2.28. The van der Waals surface area contributed by atoms with Crippen molar-refractivity contribution in [3.05, 3.63) is 78.0 Å². The summed E-state index contributed by atoms with van der Waals surface area (Å²) in [6, 6.07) is 7.20. The Balaban J connectivity index is 1.64. The lowest BCUT2D eigenvalue weighted by Gasteiger charge is -2.15. The van der Waals surface area contributed by atoms with Gasteiger partial charge in [0.1, 0.15) is 5.75 Å². The van der Waals surface area contributed by atoms with E-state index in [1.165, 1.54) is 6.07 Å². The van der Waals surface area contributed by atoms with Crippen LogP contribution in [0.2, 0.25) is 0 Å². The van der Waals surface area contributed by atoms with Crippen LogP contribution in [0, 0.1) is 11.6 Å². The molecule has 1 unspecified atom stereocenters. The van der Waals surface area contributed by atoms with Gasteiger partial charge in [0.2, 0.25) is 5.88 Å². The Morgan fingerprint density at radius 1 is 1.08 bits per heavy atom. The molecular weight excluding hydrogens is 338 g/mol. The number of pyridine rings is 1. The number of rotatable bonds is 7. The van der Waals surface area contributed by atoms with Gasteiger partial charge in [0.25, 0.3) is 0 Å². The predicted molar refractivity (Wildman–Crippen MR) is 92.7 cm³/mol. The standard InChI is InChI=1S/C19H18F2N4O/c1-13(9-15-12-22-7-8-23-15)25-11-14-3-2-6-24-19(14)26-16-4-5-17(20)18(21)10-16/h2-8,10,12-13,25H,9,11H2,1H3. The first-order chi connectivity index (χ1) is 12.6. The number of ether oxygens (including phenoxy) is 1. The van der Waals surface area contributed by atoms with Gasteiger partial charge in [-0.25, -0.2) is 13.8 Å². The Bertz CT molecular complexity index is 861. The molecule has 0 aliphatic carbocycles. The molecule has 2 heterocycles. The third-order valence-corrected chi connectivity index (χ3v) is 3.73. The van der Waals surface area contributed by atoms with Crippen LogP contribution in [0.1, 0.15) is 18.2 Å². The average Bonchev–Trinajstić information content (AvgIpc) is 2.65. The van der Waals surface area contributed by atoms with Gasteiger partial charge < -0.3 is 10.1 Å². The van der Waals surface area contributed by atoms with Gasteiger partial charge in [0.05, 0.1) is 5.69 Å². The zero-order chi connectivity index (χ0) is 18.4. The highest BCUT2D eigenvalue weighted by molar-refractivity contribution is 5.32. The number of nitrogens with one attached hydrogen (secondary N) is 1. The Labute approximate surface area is 150 Å². The van der Waals surface area contributed by atoms with Gasteiger partial charge >= 0.3 is 0 Å². The second-order valence-electron chi connectivity index (χ2n) is 5.83. The number of aromatic nitrogens is 3. The largest absolute Gasteiger partial charge is 0.439 e. The minimum absolute atomic E-state index is 0.156. The molecular formula is C19H18F2N4O. The number of halogens is 2. The molecule has 0 saturated carbocycles. The second-order valence-corrected chi connectivity index (χ2v) is 5.83. The fraction of sp³-hybridized carbons (Fsp3) is 0.211. The Hall–Kier alpha value is -2.93. The topological polar surface area (TPSA) is 59.9 Å². The molecule has 0 spiro atoms. The van der Waals surface area contributed by atoms with E-state index in [1.54, 1.807) is 30.9 Å². The fourth-order valence-electron chi connectivity index (χ4n) is 2.41. The maximum absolute atomic E-state index is 13.3. The van der Waals surface area contributed by atoms with Gasteiger partial charge in [0, 0.05) is 55.4 Å². The molecule has 5 nitrogen and oxygen atoms in total. The Morgan fingerprint density at radius 3 is 2.73 bits per heavy atom. The van der Waals surface area contributed by atoms with Crippen LogP contribution in [-0.2, 0) is 13.0 Å². The van der Waals surface area contributed by atoms with Crippen LogP contribution in [0.25, 0.3) is 0 Å². The molecule has 1 aromatic carbocycles. The minimum Gasteiger partial charge on any atom is -0.439 e. The van der Waals surface area contributed by atoms with Crippen LogP contribution in [0.5, 0.6) is 11.6 Å². The van der Waals surface area contributed by atoms with E-state index in [9.17, 15) is 8.78 Å². The smallest absolute Gasteiger partial charge is 0.223 e. The molecule has 0 aliphatic heterocycles. The highest BCUT2D eigenvalue weighted by Gasteiger charge is 2.11. The summed E-state index contributed by atoms with van der Waals surface area (Å²) in [6.07, 6.45) is 7.35. The highest BCUT2D eigenvalue weighted by Crippen LogP contribution is 2.24. The van der Waals surface area contributed by atoms with E-state index in [1.807, 2.05) is 13.0 Å². The summed E-state index contributed by atoms with van der Waals surface area (Å²) < 4.78 is 32.0. The molecule has 1 N–H and O–H groups in total. The molecule has 26 heavy (non-hydrogen) atoms. The molecule has 0 fully saturated rings. The fourth-order valence-corrected chi connectivity index (χ4v) is 2.41. The molecule has 7 heteroatoms. The van der Waals surface area contributed by atoms with Crippen molar-refractivity contribution in [2.24, 2.45) is 0 Å². The van der Waals surface area contributed by atoms with Gasteiger partial charge in [-0.2, -0.15) is 0 Å². The van der Waals surface area contributed by atoms with E-state index in [0.717, 1.165) is 29.8 Å². The van der Waals surface area contributed by atoms with E-state index < -0.39 is 11.6 Å². The molecule has 0 aliphatic rings. The predicted octanol–water partition coefficient (Wildman–Crippen LogP) is 3.66. The third kappa shape index (κ3) is 4.80. The van der Waals surface area contributed by atoms with Crippen molar-refractivity contribution in [3.63, 3.8) is 0 Å². The van der Waals surface area contributed by atoms with Crippen LogP contribution in [0.15, 0.2) is 55.1 Å². The van der Waals surface area contributed by atoms with Crippen molar-refractivity contribution in [2.45, 2.75) is 25.9 Å².